The highest BCUT2D eigenvalue weighted by Crippen LogP contribution is 2.38. The average molecular weight is 245 g/mol. The van der Waals surface area contributed by atoms with Crippen molar-refractivity contribution in [1.82, 2.24) is 9.78 Å². The van der Waals surface area contributed by atoms with Crippen molar-refractivity contribution in [3.63, 3.8) is 0 Å². The van der Waals surface area contributed by atoms with Crippen LogP contribution in [0.3, 0.4) is 0 Å². The minimum Gasteiger partial charge on any atom is -0.241 e. The summed E-state index contributed by atoms with van der Waals surface area (Å²) in [5.41, 5.74) is 5.01. The molecule has 17 heavy (non-hydrogen) atoms. The fraction of sp³-hybridized carbons (Fsp3) is 0.214. The SMILES string of the molecule is CC(=C1CC1)c1ccc(-n2cccn2)cc1Cl. The Labute approximate surface area is 106 Å². The van der Waals surface area contributed by atoms with Crippen molar-refractivity contribution in [2.75, 3.05) is 0 Å². The van der Waals surface area contributed by atoms with Gasteiger partial charge in [0, 0.05) is 12.4 Å². The van der Waals surface area contributed by atoms with Gasteiger partial charge in [-0.05, 0) is 49.1 Å². The Hall–Kier alpha value is -1.54. The van der Waals surface area contributed by atoms with Crippen LogP contribution in [0, 0.1) is 0 Å². The summed E-state index contributed by atoms with van der Waals surface area (Å²) in [5, 5.41) is 5.00. The van der Waals surface area contributed by atoms with E-state index in [9.17, 15) is 0 Å². The number of hydrogen-bond donors (Lipinski definition) is 0. The maximum atomic E-state index is 6.34. The van der Waals surface area contributed by atoms with E-state index in [1.807, 2.05) is 23.0 Å². The summed E-state index contributed by atoms with van der Waals surface area (Å²) in [4.78, 5) is 0. The molecule has 1 aliphatic carbocycles. The normalized spacial score (nSPS) is 13.9. The molecule has 3 rings (SSSR count). The van der Waals surface area contributed by atoms with Crippen LogP contribution >= 0.6 is 11.6 Å². The van der Waals surface area contributed by atoms with Gasteiger partial charge >= 0.3 is 0 Å². The third kappa shape index (κ3) is 2.01. The van der Waals surface area contributed by atoms with E-state index in [0.717, 1.165) is 16.3 Å². The number of rotatable bonds is 2. The van der Waals surface area contributed by atoms with Crippen molar-refractivity contribution in [2.45, 2.75) is 19.8 Å². The third-order valence-electron chi connectivity index (χ3n) is 3.16. The molecular weight excluding hydrogens is 232 g/mol. The molecule has 0 spiro atoms. The summed E-state index contributed by atoms with van der Waals surface area (Å²) >= 11 is 6.34. The predicted octanol–water partition coefficient (Wildman–Crippen LogP) is 4.09. The van der Waals surface area contributed by atoms with Gasteiger partial charge in [-0.3, -0.25) is 0 Å². The van der Waals surface area contributed by atoms with Gasteiger partial charge in [0.1, 0.15) is 0 Å². The molecule has 0 amide bonds. The number of benzene rings is 1. The van der Waals surface area contributed by atoms with Gasteiger partial charge in [-0.15, -0.1) is 0 Å². The van der Waals surface area contributed by atoms with Gasteiger partial charge in [0.2, 0.25) is 0 Å². The minimum absolute atomic E-state index is 0.801. The molecular formula is C14H13ClN2. The van der Waals surface area contributed by atoms with Crippen molar-refractivity contribution in [2.24, 2.45) is 0 Å². The quantitative estimate of drug-likeness (QED) is 0.778. The van der Waals surface area contributed by atoms with E-state index in [-0.39, 0.29) is 0 Å². The van der Waals surface area contributed by atoms with Gasteiger partial charge in [0.05, 0.1) is 10.7 Å². The lowest BCUT2D eigenvalue weighted by atomic mass is 10.1. The second kappa shape index (κ2) is 4.04. The fourth-order valence-corrected chi connectivity index (χ4v) is 2.32. The second-order valence-corrected chi connectivity index (χ2v) is 4.75. The van der Waals surface area contributed by atoms with Crippen molar-refractivity contribution < 1.29 is 0 Å². The summed E-state index contributed by atoms with van der Waals surface area (Å²) in [6, 6.07) is 8.01. The number of nitrogens with zero attached hydrogens (tertiary/aromatic N) is 2. The Bertz CT molecular complexity index is 576. The lowest BCUT2D eigenvalue weighted by Crippen LogP contribution is -1.94. The van der Waals surface area contributed by atoms with Crippen molar-refractivity contribution in [3.05, 3.63) is 52.8 Å². The molecule has 86 valence electrons. The van der Waals surface area contributed by atoms with Crippen LogP contribution < -0.4 is 0 Å². The van der Waals surface area contributed by atoms with Crippen molar-refractivity contribution in [1.29, 1.82) is 0 Å². The number of aromatic nitrogens is 2. The van der Waals surface area contributed by atoms with Crippen LogP contribution in [0.2, 0.25) is 5.02 Å². The Morgan fingerprint density at radius 1 is 1.35 bits per heavy atom. The summed E-state index contributed by atoms with van der Waals surface area (Å²) < 4.78 is 1.81. The highest BCUT2D eigenvalue weighted by Gasteiger charge is 2.17. The molecule has 3 heteroatoms. The van der Waals surface area contributed by atoms with E-state index in [1.165, 1.54) is 24.0 Å². The maximum Gasteiger partial charge on any atom is 0.0660 e. The number of allylic oxidation sites excluding steroid dienone is 2. The Balaban J connectivity index is 2.03. The van der Waals surface area contributed by atoms with Gasteiger partial charge in [-0.2, -0.15) is 5.10 Å². The highest BCUT2D eigenvalue weighted by atomic mass is 35.5. The highest BCUT2D eigenvalue weighted by molar-refractivity contribution is 6.32. The second-order valence-electron chi connectivity index (χ2n) is 4.34. The van der Waals surface area contributed by atoms with E-state index >= 15 is 0 Å². The first-order valence-corrected chi connectivity index (χ1v) is 6.12. The molecule has 2 nitrogen and oxygen atoms in total. The van der Waals surface area contributed by atoms with Crippen molar-refractivity contribution >= 4 is 17.2 Å². The fourth-order valence-electron chi connectivity index (χ4n) is 2.00. The smallest absolute Gasteiger partial charge is 0.0660 e. The number of halogens is 1. The third-order valence-corrected chi connectivity index (χ3v) is 3.47. The van der Waals surface area contributed by atoms with Crippen LogP contribution in [0.4, 0.5) is 0 Å². The van der Waals surface area contributed by atoms with Gasteiger partial charge < -0.3 is 0 Å². The molecule has 0 unspecified atom stereocenters. The molecule has 0 bridgehead atoms. The van der Waals surface area contributed by atoms with E-state index in [2.05, 4.69) is 24.2 Å². The summed E-state index contributed by atoms with van der Waals surface area (Å²) in [7, 11) is 0. The van der Waals surface area contributed by atoms with Crippen LogP contribution in [-0.4, -0.2) is 9.78 Å². The van der Waals surface area contributed by atoms with Crippen LogP contribution in [0.5, 0.6) is 0 Å². The molecule has 0 aliphatic heterocycles. The molecule has 1 saturated carbocycles. The molecule has 0 atom stereocenters. The zero-order valence-corrected chi connectivity index (χ0v) is 10.4. The molecule has 1 fully saturated rings. The standard InChI is InChI=1S/C14H13ClN2/c1-10(11-3-4-11)13-6-5-12(9-14(13)15)17-8-2-7-16-17/h2,5-9H,3-4H2,1H3. The molecule has 0 radical (unpaired) electrons. The Morgan fingerprint density at radius 2 is 2.18 bits per heavy atom. The summed E-state index contributed by atoms with van der Waals surface area (Å²) in [6.45, 7) is 2.15. The lowest BCUT2D eigenvalue weighted by molar-refractivity contribution is 0.880. The van der Waals surface area contributed by atoms with E-state index in [0.29, 0.717) is 0 Å². The molecule has 2 aromatic rings. The molecule has 1 aromatic carbocycles. The summed E-state index contributed by atoms with van der Waals surface area (Å²) in [6.07, 6.45) is 6.13. The van der Waals surface area contributed by atoms with Gasteiger partial charge in [0.25, 0.3) is 0 Å². The average Bonchev–Trinajstić information content (AvgIpc) is 3.03. The molecule has 1 aliphatic rings. The zero-order valence-electron chi connectivity index (χ0n) is 9.65. The molecule has 1 heterocycles. The molecule has 0 saturated heterocycles. The zero-order chi connectivity index (χ0) is 11.8. The topological polar surface area (TPSA) is 17.8 Å². The van der Waals surface area contributed by atoms with Crippen LogP contribution in [0.1, 0.15) is 25.3 Å². The maximum absolute atomic E-state index is 6.34. The molecule has 0 N–H and O–H groups in total. The van der Waals surface area contributed by atoms with E-state index in [1.54, 1.807) is 6.20 Å². The van der Waals surface area contributed by atoms with Gasteiger partial charge in [-0.25, -0.2) is 4.68 Å². The lowest BCUT2D eigenvalue weighted by Gasteiger charge is -2.07. The first-order chi connectivity index (χ1) is 8.25. The first-order valence-electron chi connectivity index (χ1n) is 5.74. The van der Waals surface area contributed by atoms with Gasteiger partial charge in [-0.1, -0.05) is 23.2 Å². The van der Waals surface area contributed by atoms with Gasteiger partial charge in [0.15, 0.2) is 0 Å². The van der Waals surface area contributed by atoms with E-state index < -0.39 is 0 Å². The first kappa shape index (κ1) is 10.6. The monoisotopic (exact) mass is 244 g/mol. The Kier molecular flexibility index (Phi) is 2.52. The largest absolute Gasteiger partial charge is 0.241 e. The minimum atomic E-state index is 0.801. The molecule has 1 aromatic heterocycles. The van der Waals surface area contributed by atoms with E-state index in [4.69, 9.17) is 11.6 Å². The Morgan fingerprint density at radius 3 is 2.76 bits per heavy atom. The predicted molar refractivity (Wildman–Crippen MR) is 70.4 cm³/mol. The van der Waals surface area contributed by atoms with Crippen LogP contribution in [0.15, 0.2) is 42.2 Å². The number of hydrogen-bond acceptors (Lipinski definition) is 1. The van der Waals surface area contributed by atoms with Crippen LogP contribution in [0.25, 0.3) is 11.3 Å². The summed E-state index contributed by atoms with van der Waals surface area (Å²) in [5.74, 6) is 0. The van der Waals surface area contributed by atoms with Crippen molar-refractivity contribution in [3.8, 4) is 5.69 Å². The van der Waals surface area contributed by atoms with Crippen LogP contribution in [-0.2, 0) is 0 Å².